The predicted octanol–water partition coefficient (Wildman–Crippen LogP) is 2.05. The van der Waals surface area contributed by atoms with E-state index in [0.29, 0.717) is 19.5 Å². The van der Waals surface area contributed by atoms with Gasteiger partial charge in [-0.05, 0) is 42.5 Å². The molecule has 2 aromatic rings. The van der Waals surface area contributed by atoms with Crippen molar-refractivity contribution in [2.45, 2.75) is 44.3 Å². The van der Waals surface area contributed by atoms with Gasteiger partial charge in [0.05, 0.1) is 6.04 Å². The highest BCUT2D eigenvalue weighted by atomic mass is 16.2. The molecule has 0 spiro atoms. The Morgan fingerprint density at radius 1 is 1.07 bits per heavy atom. The van der Waals surface area contributed by atoms with E-state index >= 15 is 0 Å². The van der Waals surface area contributed by atoms with Crippen molar-refractivity contribution in [3.8, 4) is 0 Å². The van der Waals surface area contributed by atoms with Crippen molar-refractivity contribution in [2.24, 2.45) is 0 Å². The molecule has 0 bridgehead atoms. The van der Waals surface area contributed by atoms with Crippen molar-refractivity contribution >= 4 is 11.8 Å². The fourth-order valence-electron chi connectivity index (χ4n) is 4.13. The zero-order chi connectivity index (χ0) is 19.3. The molecule has 28 heavy (non-hydrogen) atoms. The number of carbonyl (C=O) groups excluding carboxylic acids is 2. The minimum Gasteiger partial charge on any atom is -0.343 e. The van der Waals surface area contributed by atoms with E-state index in [2.05, 4.69) is 22.8 Å². The lowest BCUT2D eigenvalue weighted by atomic mass is 9.98. The second kappa shape index (κ2) is 8.57. The first kappa shape index (κ1) is 18.7. The molecule has 2 aliphatic rings. The highest BCUT2D eigenvalue weighted by Gasteiger charge is 2.31. The van der Waals surface area contributed by atoms with Crippen molar-refractivity contribution in [3.05, 3.63) is 71.3 Å². The average Bonchev–Trinajstić information content (AvgIpc) is 3.28. The molecular weight excluding hydrogens is 350 g/mol. The molecule has 2 aromatic carbocycles. The number of fused-ring (bicyclic) bond motifs is 1. The first-order chi connectivity index (χ1) is 13.7. The summed E-state index contributed by atoms with van der Waals surface area (Å²) in [5.41, 5.74) is 3.56. The molecule has 0 unspecified atom stereocenters. The van der Waals surface area contributed by atoms with Gasteiger partial charge in [0.2, 0.25) is 11.8 Å². The van der Waals surface area contributed by atoms with E-state index in [9.17, 15) is 9.59 Å². The van der Waals surface area contributed by atoms with Crippen molar-refractivity contribution in [2.75, 3.05) is 13.1 Å². The van der Waals surface area contributed by atoms with Gasteiger partial charge >= 0.3 is 0 Å². The van der Waals surface area contributed by atoms with Gasteiger partial charge < -0.3 is 15.5 Å². The summed E-state index contributed by atoms with van der Waals surface area (Å²) in [7, 11) is 0. The molecule has 2 aliphatic heterocycles. The van der Waals surface area contributed by atoms with Crippen LogP contribution in [0.4, 0.5) is 0 Å². The van der Waals surface area contributed by atoms with E-state index in [1.807, 2.05) is 47.4 Å². The number of nitrogens with zero attached hydrogens (tertiary/aromatic N) is 1. The van der Waals surface area contributed by atoms with Crippen LogP contribution in [0.3, 0.4) is 0 Å². The molecule has 2 N–H and O–H groups in total. The maximum Gasteiger partial charge on any atom is 0.245 e. The predicted molar refractivity (Wildman–Crippen MR) is 109 cm³/mol. The van der Waals surface area contributed by atoms with Gasteiger partial charge in [-0.2, -0.15) is 0 Å². The fourth-order valence-corrected chi connectivity index (χ4v) is 4.13. The van der Waals surface area contributed by atoms with E-state index in [0.717, 1.165) is 31.4 Å². The van der Waals surface area contributed by atoms with E-state index in [1.165, 1.54) is 11.1 Å². The second-order valence-electron chi connectivity index (χ2n) is 7.68. The van der Waals surface area contributed by atoms with E-state index in [1.54, 1.807) is 0 Å². The quantitative estimate of drug-likeness (QED) is 0.838. The Balaban J connectivity index is 1.50. The van der Waals surface area contributed by atoms with Crippen LogP contribution in [0.5, 0.6) is 0 Å². The van der Waals surface area contributed by atoms with Crippen LogP contribution in [0, 0.1) is 0 Å². The van der Waals surface area contributed by atoms with Gasteiger partial charge in [-0.3, -0.25) is 9.59 Å². The summed E-state index contributed by atoms with van der Waals surface area (Å²) >= 11 is 0. The molecule has 4 rings (SSSR count). The third-order valence-electron chi connectivity index (χ3n) is 5.72. The summed E-state index contributed by atoms with van der Waals surface area (Å²) in [4.78, 5) is 27.9. The zero-order valence-corrected chi connectivity index (χ0v) is 16.1. The smallest absolute Gasteiger partial charge is 0.245 e. The summed E-state index contributed by atoms with van der Waals surface area (Å²) in [5.74, 6) is -0.0612. The Morgan fingerprint density at radius 2 is 1.82 bits per heavy atom. The number of hydrogen-bond donors (Lipinski definition) is 2. The standard InChI is InChI=1S/C23H27N3O2/c27-22(20-11-6-13-24-20)25-21(15-17-7-2-1-3-8-17)23(28)26-14-12-18-9-4-5-10-19(18)16-26/h1-5,7-10,20-21,24H,6,11-16H2,(H,25,27)/t20-,21-/m0/s1. The first-order valence-corrected chi connectivity index (χ1v) is 10.1. The van der Waals surface area contributed by atoms with Crippen LogP contribution in [-0.2, 0) is 29.0 Å². The van der Waals surface area contributed by atoms with Gasteiger partial charge in [0.1, 0.15) is 6.04 Å². The Hall–Kier alpha value is -2.66. The number of carbonyl (C=O) groups is 2. The Bertz CT molecular complexity index is 831. The van der Waals surface area contributed by atoms with E-state index in [4.69, 9.17) is 0 Å². The molecule has 0 saturated carbocycles. The molecule has 5 nitrogen and oxygen atoms in total. The van der Waals surface area contributed by atoms with Gasteiger partial charge in [-0.25, -0.2) is 0 Å². The summed E-state index contributed by atoms with van der Waals surface area (Å²) in [6.07, 6.45) is 3.20. The molecule has 2 heterocycles. The van der Waals surface area contributed by atoms with Crippen LogP contribution in [0.25, 0.3) is 0 Å². The monoisotopic (exact) mass is 377 g/mol. The molecule has 146 valence electrons. The lowest BCUT2D eigenvalue weighted by Crippen LogP contribution is -2.54. The van der Waals surface area contributed by atoms with Gasteiger partial charge in [-0.1, -0.05) is 54.6 Å². The highest BCUT2D eigenvalue weighted by molar-refractivity contribution is 5.90. The minimum absolute atomic E-state index is 0.00435. The van der Waals surface area contributed by atoms with Crippen molar-refractivity contribution in [1.82, 2.24) is 15.5 Å². The summed E-state index contributed by atoms with van der Waals surface area (Å²) in [6.45, 7) is 2.16. The molecule has 2 amide bonds. The lowest BCUT2D eigenvalue weighted by Gasteiger charge is -2.32. The maximum atomic E-state index is 13.4. The summed E-state index contributed by atoms with van der Waals surface area (Å²) in [5, 5.41) is 6.26. The number of rotatable bonds is 5. The topological polar surface area (TPSA) is 61.4 Å². The molecule has 1 fully saturated rings. The molecule has 5 heteroatoms. The van der Waals surface area contributed by atoms with Crippen LogP contribution < -0.4 is 10.6 Å². The third kappa shape index (κ3) is 4.25. The molecule has 0 radical (unpaired) electrons. The minimum atomic E-state index is -0.539. The lowest BCUT2D eigenvalue weighted by molar-refractivity contribution is -0.137. The highest BCUT2D eigenvalue weighted by Crippen LogP contribution is 2.20. The zero-order valence-electron chi connectivity index (χ0n) is 16.1. The normalized spacial score (nSPS) is 19.7. The Kier molecular flexibility index (Phi) is 5.72. The van der Waals surface area contributed by atoms with Crippen LogP contribution in [0.2, 0.25) is 0 Å². The largest absolute Gasteiger partial charge is 0.343 e. The van der Waals surface area contributed by atoms with Crippen LogP contribution in [0.15, 0.2) is 54.6 Å². The average molecular weight is 377 g/mol. The summed E-state index contributed by atoms with van der Waals surface area (Å²) in [6, 6.07) is 17.5. The number of benzene rings is 2. The van der Waals surface area contributed by atoms with Crippen molar-refractivity contribution in [1.29, 1.82) is 0 Å². The Labute approximate surface area is 166 Å². The second-order valence-corrected chi connectivity index (χ2v) is 7.68. The fraction of sp³-hybridized carbons (Fsp3) is 0.391. The molecule has 0 aliphatic carbocycles. The van der Waals surface area contributed by atoms with Gasteiger partial charge in [0.25, 0.3) is 0 Å². The molecule has 0 aromatic heterocycles. The maximum absolute atomic E-state index is 13.4. The molecular formula is C23H27N3O2. The SMILES string of the molecule is O=C(N[C@@H](Cc1ccccc1)C(=O)N1CCc2ccccc2C1)[C@@H]1CCCN1. The van der Waals surface area contributed by atoms with Gasteiger partial charge in [0, 0.05) is 19.5 Å². The van der Waals surface area contributed by atoms with Crippen molar-refractivity contribution in [3.63, 3.8) is 0 Å². The van der Waals surface area contributed by atoms with E-state index < -0.39 is 6.04 Å². The van der Waals surface area contributed by atoms with E-state index in [-0.39, 0.29) is 17.9 Å². The van der Waals surface area contributed by atoms with Gasteiger partial charge in [0.15, 0.2) is 0 Å². The number of hydrogen-bond acceptors (Lipinski definition) is 3. The van der Waals surface area contributed by atoms with Crippen LogP contribution in [-0.4, -0.2) is 41.9 Å². The number of nitrogens with one attached hydrogen (secondary N) is 2. The summed E-state index contributed by atoms with van der Waals surface area (Å²) < 4.78 is 0. The van der Waals surface area contributed by atoms with Gasteiger partial charge in [-0.15, -0.1) is 0 Å². The van der Waals surface area contributed by atoms with Crippen molar-refractivity contribution < 1.29 is 9.59 Å². The Morgan fingerprint density at radius 3 is 2.57 bits per heavy atom. The first-order valence-electron chi connectivity index (χ1n) is 10.1. The molecule has 2 atom stereocenters. The number of amides is 2. The van der Waals surface area contributed by atoms with Crippen LogP contribution >= 0.6 is 0 Å². The third-order valence-corrected chi connectivity index (χ3v) is 5.72. The molecule has 1 saturated heterocycles. The van der Waals surface area contributed by atoms with Crippen LogP contribution in [0.1, 0.15) is 29.5 Å².